The predicted molar refractivity (Wildman–Crippen MR) is 92.3 cm³/mol. The molecule has 2 aliphatic rings. The molecule has 26 heavy (non-hydrogen) atoms. The number of halogens is 3. The average Bonchev–Trinajstić information content (AvgIpc) is 2.59. The highest BCUT2D eigenvalue weighted by molar-refractivity contribution is 5.77. The normalized spacial score (nSPS) is 25.0. The molecule has 1 atom stereocenters. The Morgan fingerprint density at radius 1 is 1.19 bits per heavy atom. The number of likely N-dealkylation sites (tertiary alicyclic amines) is 2. The lowest BCUT2D eigenvalue weighted by Crippen LogP contribution is -2.53. The molecule has 4 nitrogen and oxygen atoms in total. The highest BCUT2D eigenvalue weighted by Crippen LogP contribution is 2.39. The van der Waals surface area contributed by atoms with Crippen molar-refractivity contribution in [2.75, 3.05) is 26.2 Å². The SMILES string of the molecule is O=C1CC[C@]2(CCCN(CCCC(F)(F)F)C2)CN1Cc1ccccn1. The molecule has 0 N–H and O–H groups in total. The molecule has 0 aromatic carbocycles. The number of rotatable bonds is 5. The zero-order valence-corrected chi connectivity index (χ0v) is 15.0. The number of amides is 1. The van der Waals surface area contributed by atoms with Gasteiger partial charge in [0.15, 0.2) is 0 Å². The van der Waals surface area contributed by atoms with Crippen molar-refractivity contribution < 1.29 is 18.0 Å². The summed E-state index contributed by atoms with van der Waals surface area (Å²) in [6.07, 6.45) is 0.444. The molecular weight excluding hydrogens is 343 g/mol. The van der Waals surface area contributed by atoms with Crippen molar-refractivity contribution in [3.05, 3.63) is 30.1 Å². The molecule has 2 fully saturated rings. The Hall–Kier alpha value is -1.63. The first-order chi connectivity index (χ1) is 12.4. The largest absolute Gasteiger partial charge is 0.389 e. The van der Waals surface area contributed by atoms with Crippen LogP contribution in [0.3, 0.4) is 0 Å². The maximum absolute atomic E-state index is 12.4. The summed E-state index contributed by atoms with van der Waals surface area (Å²) in [5.41, 5.74) is 0.884. The number of piperidine rings is 2. The van der Waals surface area contributed by atoms with Gasteiger partial charge < -0.3 is 9.80 Å². The summed E-state index contributed by atoms with van der Waals surface area (Å²) in [5.74, 6) is 0.149. The summed E-state index contributed by atoms with van der Waals surface area (Å²) >= 11 is 0. The Kier molecular flexibility index (Phi) is 5.85. The Labute approximate surface area is 152 Å². The van der Waals surface area contributed by atoms with Crippen LogP contribution in [0.1, 0.15) is 44.2 Å². The third-order valence-electron chi connectivity index (χ3n) is 5.50. The first-order valence-corrected chi connectivity index (χ1v) is 9.32. The van der Waals surface area contributed by atoms with Gasteiger partial charge >= 0.3 is 6.18 Å². The van der Waals surface area contributed by atoms with Gasteiger partial charge in [-0.15, -0.1) is 0 Å². The molecule has 0 saturated carbocycles. The van der Waals surface area contributed by atoms with E-state index in [9.17, 15) is 18.0 Å². The van der Waals surface area contributed by atoms with E-state index in [0.29, 0.717) is 26.1 Å². The third-order valence-corrected chi connectivity index (χ3v) is 5.50. The lowest BCUT2D eigenvalue weighted by Gasteiger charge is -2.48. The summed E-state index contributed by atoms with van der Waals surface area (Å²) < 4.78 is 37.2. The van der Waals surface area contributed by atoms with Crippen molar-refractivity contribution >= 4 is 5.91 Å². The lowest BCUT2D eigenvalue weighted by molar-refractivity contribution is -0.142. The molecule has 1 aromatic heterocycles. The van der Waals surface area contributed by atoms with Gasteiger partial charge in [-0.1, -0.05) is 6.07 Å². The van der Waals surface area contributed by atoms with E-state index in [1.165, 1.54) is 0 Å². The number of aromatic nitrogens is 1. The van der Waals surface area contributed by atoms with E-state index in [1.54, 1.807) is 6.20 Å². The fraction of sp³-hybridized carbons (Fsp3) is 0.684. The van der Waals surface area contributed by atoms with Crippen LogP contribution in [0.25, 0.3) is 0 Å². The molecule has 0 aliphatic carbocycles. The molecule has 7 heteroatoms. The van der Waals surface area contributed by atoms with E-state index in [0.717, 1.165) is 38.0 Å². The fourth-order valence-corrected chi connectivity index (χ4v) is 4.27. The smallest absolute Gasteiger partial charge is 0.336 e. The van der Waals surface area contributed by atoms with Crippen molar-refractivity contribution in [3.63, 3.8) is 0 Å². The molecule has 3 heterocycles. The number of carbonyl (C=O) groups is 1. The van der Waals surface area contributed by atoms with Crippen LogP contribution in [0.5, 0.6) is 0 Å². The predicted octanol–water partition coefficient (Wildman–Crippen LogP) is 3.63. The Balaban J connectivity index is 1.58. The molecule has 0 radical (unpaired) electrons. The van der Waals surface area contributed by atoms with Crippen molar-refractivity contribution in [1.82, 2.24) is 14.8 Å². The molecule has 1 amide bonds. The number of carbonyl (C=O) groups excluding carboxylic acids is 1. The van der Waals surface area contributed by atoms with Crippen molar-refractivity contribution in [3.8, 4) is 0 Å². The van der Waals surface area contributed by atoms with E-state index < -0.39 is 12.6 Å². The maximum Gasteiger partial charge on any atom is 0.389 e. The van der Waals surface area contributed by atoms with Crippen LogP contribution in [0.2, 0.25) is 0 Å². The first kappa shape index (κ1) is 19.1. The highest BCUT2D eigenvalue weighted by atomic mass is 19.4. The second-order valence-electron chi connectivity index (χ2n) is 7.67. The summed E-state index contributed by atoms with van der Waals surface area (Å²) in [6, 6.07) is 5.68. The lowest BCUT2D eigenvalue weighted by atomic mass is 9.73. The highest BCUT2D eigenvalue weighted by Gasteiger charge is 2.41. The minimum Gasteiger partial charge on any atom is -0.336 e. The molecule has 2 saturated heterocycles. The van der Waals surface area contributed by atoms with Gasteiger partial charge in [-0.25, -0.2) is 0 Å². The number of hydrogen-bond acceptors (Lipinski definition) is 3. The summed E-state index contributed by atoms with van der Waals surface area (Å²) in [7, 11) is 0. The van der Waals surface area contributed by atoms with Crippen LogP contribution in [-0.4, -0.2) is 53.0 Å². The topological polar surface area (TPSA) is 36.4 Å². The van der Waals surface area contributed by atoms with Crippen LogP contribution in [0, 0.1) is 5.41 Å². The van der Waals surface area contributed by atoms with Gasteiger partial charge in [0.2, 0.25) is 5.91 Å². The second kappa shape index (κ2) is 7.94. The van der Waals surface area contributed by atoms with Gasteiger partial charge in [0.05, 0.1) is 12.2 Å². The molecule has 1 aromatic rings. The molecule has 0 unspecified atom stereocenters. The second-order valence-corrected chi connectivity index (χ2v) is 7.67. The van der Waals surface area contributed by atoms with Gasteiger partial charge in [-0.3, -0.25) is 9.78 Å². The zero-order chi connectivity index (χ0) is 18.6. The van der Waals surface area contributed by atoms with Gasteiger partial charge in [0.1, 0.15) is 0 Å². The Morgan fingerprint density at radius 2 is 2.04 bits per heavy atom. The first-order valence-electron chi connectivity index (χ1n) is 9.32. The molecular formula is C19H26F3N3O. The van der Waals surface area contributed by atoms with Crippen LogP contribution >= 0.6 is 0 Å². The molecule has 0 bridgehead atoms. The summed E-state index contributed by atoms with van der Waals surface area (Å²) in [4.78, 5) is 20.7. The van der Waals surface area contributed by atoms with Gasteiger partial charge in [0, 0.05) is 37.5 Å². The number of nitrogens with zero attached hydrogens (tertiary/aromatic N) is 3. The molecule has 1 spiro atoms. The van der Waals surface area contributed by atoms with Gasteiger partial charge in [0.25, 0.3) is 0 Å². The quantitative estimate of drug-likeness (QED) is 0.795. The minimum absolute atomic E-state index is 0.0131. The van der Waals surface area contributed by atoms with Crippen molar-refractivity contribution in [2.45, 2.75) is 51.2 Å². The van der Waals surface area contributed by atoms with E-state index >= 15 is 0 Å². The standard InChI is InChI=1S/C19H26F3N3O/c20-19(21,22)8-4-12-24-11-3-7-18(14-24)9-6-17(26)25(15-18)13-16-5-1-2-10-23-16/h1-2,5,10H,3-4,6-9,11-15H2/t18-/m0/s1. The van der Waals surface area contributed by atoms with Gasteiger partial charge in [-0.05, 0) is 50.9 Å². The maximum atomic E-state index is 12.4. The number of hydrogen-bond donors (Lipinski definition) is 0. The van der Waals surface area contributed by atoms with Crippen LogP contribution in [0.15, 0.2) is 24.4 Å². The summed E-state index contributed by atoms with van der Waals surface area (Å²) in [5, 5.41) is 0. The number of alkyl halides is 3. The number of pyridine rings is 1. The van der Waals surface area contributed by atoms with Crippen molar-refractivity contribution in [1.29, 1.82) is 0 Å². The fourth-order valence-electron chi connectivity index (χ4n) is 4.27. The Morgan fingerprint density at radius 3 is 2.77 bits per heavy atom. The summed E-state index contributed by atoms with van der Waals surface area (Å²) in [6.45, 7) is 3.31. The average molecular weight is 369 g/mol. The van der Waals surface area contributed by atoms with Gasteiger partial charge in [-0.2, -0.15) is 13.2 Å². The molecule has 2 aliphatic heterocycles. The monoisotopic (exact) mass is 369 g/mol. The Bertz CT molecular complexity index is 608. The van der Waals surface area contributed by atoms with Crippen molar-refractivity contribution in [2.24, 2.45) is 5.41 Å². The van der Waals surface area contributed by atoms with E-state index in [2.05, 4.69) is 9.88 Å². The van der Waals surface area contributed by atoms with Crippen LogP contribution in [-0.2, 0) is 11.3 Å². The molecule has 3 rings (SSSR count). The van der Waals surface area contributed by atoms with E-state index in [4.69, 9.17) is 0 Å². The third kappa shape index (κ3) is 5.19. The van der Waals surface area contributed by atoms with E-state index in [1.807, 2.05) is 23.1 Å². The zero-order valence-electron chi connectivity index (χ0n) is 15.0. The minimum atomic E-state index is -4.08. The van der Waals surface area contributed by atoms with Crippen LogP contribution in [0.4, 0.5) is 13.2 Å². The van der Waals surface area contributed by atoms with Crippen LogP contribution < -0.4 is 0 Å². The molecule has 144 valence electrons. The van der Waals surface area contributed by atoms with E-state index in [-0.39, 0.29) is 17.7 Å².